The normalized spacial score (nSPS) is 10.0. The fraction of sp³-hybridized carbons (Fsp3) is 0.176. The lowest BCUT2D eigenvalue weighted by Crippen LogP contribution is -2.25. The second kappa shape index (κ2) is 8.20. The number of carbonyl (C=O) groups is 2. The van der Waals surface area contributed by atoms with E-state index in [0.717, 1.165) is 0 Å². The van der Waals surface area contributed by atoms with Gasteiger partial charge in [0.1, 0.15) is 5.75 Å². The van der Waals surface area contributed by atoms with E-state index >= 15 is 0 Å². The number of benzene rings is 2. The second-order valence-corrected chi connectivity index (χ2v) is 5.09. The lowest BCUT2D eigenvalue weighted by Gasteiger charge is -2.06. The molecule has 0 spiro atoms. The summed E-state index contributed by atoms with van der Waals surface area (Å²) in [5, 5.41) is 3.33. The molecule has 0 radical (unpaired) electrons. The predicted octanol–water partition coefficient (Wildman–Crippen LogP) is 3.46. The van der Waals surface area contributed by atoms with E-state index in [1.54, 1.807) is 48.5 Å². The van der Waals surface area contributed by atoms with Crippen LogP contribution in [0.15, 0.2) is 54.6 Å². The van der Waals surface area contributed by atoms with Crippen LogP contribution < -0.4 is 10.1 Å². The van der Waals surface area contributed by atoms with Gasteiger partial charge in [-0.25, -0.2) is 0 Å². The number of amides is 1. The highest BCUT2D eigenvalue weighted by atomic mass is 35.5. The molecule has 4 nitrogen and oxygen atoms in total. The average molecular weight is 318 g/mol. The lowest BCUT2D eigenvalue weighted by atomic mass is 10.2. The van der Waals surface area contributed by atoms with Crippen LogP contribution in [0.1, 0.15) is 23.2 Å². The largest absolute Gasteiger partial charge is 0.427 e. The maximum absolute atomic E-state index is 11.8. The molecule has 0 bridgehead atoms. The number of para-hydroxylation sites is 1. The van der Waals surface area contributed by atoms with Gasteiger partial charge < -0.3 is 10.1 Å². The molecule has 0 fully saturated rings. The first kappa shape index (κ1) is 16.0. The number of nitrogens with one attached hydrogen (secondary N) is 1. The number of halogens is 1. The molecule has 0 heterocycles. The van der Waals surface area contributed by atoms with Crippen LogP contribution in [-0.2, 0) is 4.79 Å². The van der Waals surface area contributed by atoms with Crippen molar-refractivity contribution in [1.82, 2.24) is 5.32 Å². The monoisotopic (exact) mass is 317 g/mol. The van der Waals surface area contributed by atoms with Crippen LogP contribution in [0.3, 0.4) is 0 Å². The fourth-order valence-electron chi connectivity index (χ4n) is 1.81. The zero-order chi connectivity index (χ0) is 15.8. The van der Waals surface area contributed by atoms with Crippen LogP contribution in [0.5, 0.6) is 5.75 Å². The van der Waals surface area contributed by atoms with Crippen LogP contribution in [0.2, 0.25) is 5.02 Å². The number of rotatable bonds is 6. The Morgan fingerprint density at radius 1 is 1.00 bits per heavy atom. The third-order valence-corrected chi connectivity index (χ3v) is 3.18. The van der Waals surface area contributed by atoms with Gasteiger partial charge in [0.05, 0.1) is 0 Å². The Morgan fingerprint density at radius 3 is 2.36 bits per heavy atom. The average Bonchev–Trinajstić information content (AvgIpc) is 2.53. The summed E-state index contributed by atoms with van der Waals surface area (Å²) in [6, 6.07) is 15.5. The molecule has 0 aromatic heterocycles. The van der Waals surface area contributed by atoms with Crippen LogP contribution >= 0.6 is 11.6 Å². The van der Waals surface area contributed by atoms with Crippen molar-refractivity contribution < 1.29 is 14.3 Å². The highest BCUT2D eigenvalue weighted by molar-refractivity contribution is 6.30. The first-order valence-electron chi connectivity index (χ1n) is 6.94. The molecule has 0 saturated carbocycles. The van der Waals surface area contributed by atoms with E-state index in [-0.39, 0.29) is 18.3 Å². The van der Waals surface area contributed by atoms with Crippen molar-refractivity contribution in [3.63, 3.8) is 0 Å². The van der Waals surface area contributed by atoms with Crippen molar-refractivity contribution in [2.75, 3.05) is 6.54 Å². The topological polar surface area (TPSA) is 55.4 Å². The molecule has 0 unspecified atom stereocenters. The van der Waals surface area contributed by atoms with Gasteiger partial charge in [0.15, 0.2) is 0 Å². The van der Waals surface area contributed by atoms with E-state index in [4.69, 9.17) is 16.3 Å². The molecule has 0 atom stereocenters. The van der Waals surface area contributed by atoms with Gasteiger partial charge in [-0.2, -0.15) is 0 Å². The minimum Gasteiger partial charge on any atom is -0.427 e. The molecule has 2 aromatic rings. The Kier molecular flexibility index (Phi) is 5.98. The zero-order valence-corrected chi connectivity index (χ0v) is 12.7. The summed E-state index contributed by atoms with van der Waals surface area (Å²) in [6.07, 6.45) is 0.765. The highest BCUT2D eigenvalue weighted by Gasteiger charge is 2.07. The summed E-state index contributed by atoms with van der Waals surface area (Å²) in [6.45, 7) is 0.408. The standard InChI is InChI=1S/C17H16ClNO3/c18-14-10-8-13(9-11-14)17(21)19-12-4-7-16(20)22-15-5-2-1-3-6-15/h1-3,5-6,8-11H,4,7,12H2,(H,19,21). The summed E-state index contributed by atoms with van der Waals surface area (Å²) in [5.41, 5.74) is 0.538. The quantitative estimate of drug-likeness (QED) is 0.504. The van der Waals surface area contributed by atoms with Gasteiger partial charge >= 0.3 is 5.97 Å². The zero-order valence-electron chi connectivity index (χ0n) is 11.9. The Bertz CT molecular complexity index is 626. The number of ether oxygens (including phenoxy) is 1. The molecule has 0 aliphatic rings. The lowest BCUT2D eigenvalue weighted by molar-refractivity contribution is -0.134. The van der Waals surface area contributed by atoms with E-state index in [1.807, 2.05) is 6.07 Å². The first-order valence-corrected chi connectivity index (χ1v) is 7.32. The minimum absolute atomic E-state index is 0.187. The Hall–Kier alpha value is -2.33. The number of carbonyl (C=O) groups excluding carboxylic acids is 2. The second-order valence-electron chi connectivity index (χ2n) is 4.65. The van der Waals surface area contributed by atoms with Crippen LogP contribution in [0.4, 0.5) is 0 Å². The van der Waals surface area contributed by atoms with Crippen LogP contribution in [0, 0.1) is 0 Å². The predicted molar refractivity (Wildman–Crippen MR) is 85.1 cm³/mol. The van der Waals surface area contributed by atoms with E-state index < -0.39 is 0 Å². The van der Waals surface area contributed by atoms with Crippen molar-refractivity contribution in [1.29, 1.82) is 0 Å². The molecular formula is C17H16ClNO3. The van der Waals surface area contributed by atoms with Crippen molar-refractivity contribution >= 4 is 23.5 Å². The molecule has 1 N–H and O–H groups in total. The van der Waals surface area contributed by atoms with Crippen molar-refractivity contribution in [3.8, 4) is 5.75 Å². The third kappa shape index (κ3) is 5.22. The SMILES string of the molecule is O=C(CCCNC(=O)c1ccc(Cl)cc1)Oc1ccccc1. The molecule has 0 saturated heterocycles. The summed E-state index contributed by atoms with van der Waals surface area (Å²) in [5.74, 6) is 0.0257. The number of hydrogen-bond donors (Lipinski definition) is 1. The van der Waals surface area contributed by atoms with Crippen molar-refractivity contribution in [2.24, 2.45) is 0 Å². The van der Waals surface area contributed by atoms with Gasteiger partial charge in [0.25, 0.3) is 5.91 Å². The van der Waals surface area contributed by atoms with E-state index in [1.165, 1.54) is 0 Å². The highest BCUT2D eigenvalue weighted by Crippen LogP contribution is 2.10. The third-order valence-electron chi connectivity index (χ3n) is 2.92. The fourth-order valence-corrected chi connectivity index (χ4v) is 1.93. The molecular weight excluding hydrogens is 302 g/mol. The Morgan fingerprint density at radius 2 is 1.68 bits per heavy atom. The van der Waals surface area contributed by atoms with E-state index in [9.17, 15) is 9.59 Å². The van der Waals surface area contributed by atoms with Crippen LogP contribution in [0.25, 0.3) is 0 Å². The summed E-state index contributed by atoms with van der Waals surface area (Å²) >= 11 is 5.76. The minimum atomic E-state index is -0.313. The van der Waals surface area contributed by atoms with Crippen LogP contribution in [-0.4, -0.2) is 18.4 Å². The molecule has 114 valence electrons. The molecule has 2 aromatic carbocycles. The smallest absolute Gasteiger partial charge is 0.311 e. The number of hydrogen-bond acceptors (Lipinski definition) is 3. The Labute approximate surface area is 134 Å². The van der Waals surface area contributed by atoms with Gasteiger partial charge in [-0.1, -0.05) is 29.8 Å². The van der Waals surface area contributed by atoms with E-state index in [2.05, 4.69) is 5.32 Å². The Balaban J connectivity index is 1.67. The molecule has 0 aliphatic carbocycles. The number of esters is 1. The van der Waals surface area contributed by atoms with Crippen molar-refractivity contribution in [3.05, 3.63) is 65.2 Å². The summed E-state index contributed by atoms with van der Waals surface area (Å²) < 4.78 is 5.15. The van der Waals surface area contributed by atoms with Crippen molar-refractivity contribution in [2.45, 2.75) is 12.8 Å². The van der Waals surface area contributed by atoms with Gasteiger partial charge in [-0.15, -0.1) is 0 Å². The molecule has 22 heavy (non-hydrogen) atoms. The molecule has 5 heteroatoms. The van der Waals surface area contributed by atoms with Gasteiger partial charge in [0.2, 0.25) is 0 Å². The maximum atomic E-state index is 11.8. The van der Waals surface area contributed by atoms with E-state index in [0.29, 0.717) is 29.3 Å². The molecule has 0 aliphatic heterocycles. The van der Waals surface area contributed by atoms with Gasteiger partial charge in [0, 0.05) is 23.6 Å². The first-order chi connectivity index (χ1) is 10.6. The maximum Gasteiger partial charge on any atom is 0.311 e. The summed E-state index contributed by atoms with van der Waals surface area (Å²) in [4.78, 5) is 23.4. The molecule has 2 rings (SSSR count). The summed E-state index contributed by atoms with van der Waals surface area (Å²) in [7, 11) is 0. The van der Waals surface area contributed by atoms with Gasteiger partial charge in [-0.3, -0.25) is 9.59 Å². The van der Waals surface area contributed by atoms with Gasteiger partial charge in [-0.05, 0) is 42.8 Å². The molecule has 1 amide bonds.